The summed E-state index contributed by atoms with van der Waals surface area (Å²) in [5, 5.41) is 3.13. The number of ether oxygens (including phenoxy) is 1. The Bertz CT molecular complexity index is 567. The summed E-state index contributed by atoms with van der Waals surface area (Å²) in [7, 11) is 0. The van der Waals surface area contributed by atoms with Crippen LogP contribution in [0, 0.1) is 24.7 Å². The van der Waals surface area contributed by atoms with Gasteiger partial charge in [0.15, 0.2) is 0 Å². The van der Waals surface area contributed by atoms with E-state index in [0.717, 1.165) is 18.6 Å². The number of nitrogens with two attached hydrogens (primary N) is 1. The largest absolute Gasteiger partial charge is 0.491 e. The van der Waals surface area contributed by atoms with Crippen LogP contribution in [-0.4, -0.2) is 24.6 Å². The molecular formula is C20H31ClN2O2. The molecule has 2 aliphatic carbocycles. The minimum Gasteiger partial charge on any atom is -0.491 e. The number of amides is 1. The van der Waals surface area contributed by atoms with E-state index in [-0.39, 0.29) is 30.3 Å². The molecule has 0 heterocycles. The maximum absolute atomic E-state index is 12.6. The van der Waals surface area contributed by atoms with Crippen molar-refractivity contribution in [3.8, 4) is 5.75 Å². The van der Waals surface area contributed by atoms with E-state index in [1.165, 1.54) is 24.8 Å². The lowest BCUT2D eigenvalue weighted by Crippen LogP contribution is -2.50. The van der Waals surface area contributed by atoms with Crippen LogP contribution in [0.1, 0.15) is 44.6 Å². The van der Waals surface area contributed by atoms with Gasteiger partial charge in [0.25, 0.3) is 0 Å². The lowest BCUT2D eigenvalue weighted by atomic mass is 9.65. The molecule has 3 unspecified atom stereocenters. The van der Waals surface area contributed by atoms with E-state index < -0.39 is 0 Å². The summed E-state index contributed by atoms with van der Waals surface area (Å²) in [5.41, 5.74) is 7.50. The Morgan fingerprint density at radius 3 is 2.64 bits per heavy atom. The highest BCUT2D eigenvalue weighted by Crippen LogP contribution is 2.41. The first-order valence-corrected chi connectivity index (χ1v) is 9.28. The number of benzene rings is 1. The molecule has 2 fully saturated rings. The number of hydrogen-bond acceptors (Lipinski definition) is 3. The van der Waals surface area contributed by atoms with Crippen molar-refractivity contribution in [1.29, 1.82) is 0 Å². The van der Waals surface area contributed by atoms with E-state index in [0.29, 0.717) is 24.5 Å². The van der Waals surface area contributed by atoms with Crippen LogP contribution in [0.25, 0.3) is 0 Å². The number of fused-ring (bicyclic) bond motifs is 2. The van der Waals surface area contributed by atoms with Crippen LogP contribution in [0.5, 0.6) is 5.75 Å². The molecule has 5 heteroatoms. The molecule has 0 spiro atoms. The predicted octanol–water partition coefficient (Wildman–Crippen LogP) is 3.45. The number of nitrogens with one attached hydrogen (secondary N) is 1. The Morgan fingerprint density at radius 2 is 2.00 bits per heavy atom. The van der Waals surface area contributed by atoms with Crippen LogP contribution < -0.4 is 15.8 Å². The van der Waals surface area contributed by atoms with Crippen molar-refractivity contribution in [2.45, 2.75) is 58.0 Å². The summed E-state index contributed by atoms with van der Waals surface area (Å²) in [4.78, 5) is 12.6. The van der Waals surface area contributed by atoms with Gasteiger partial charge < -0.3 is 15.8 Å². The second-order valence-electron chi connectivity index (χ2n) is 7.73. The van der Waals surface area contributed by atoms with Gasteiger partial charge in [0.2, 0.25) is 5.91 Å². The van der Waals surface area contributed by atoms with Gasteiger partial charge in [-0.25, -0.2) is 0 Å². The number of carbonyl (C=O) groups excluding carboxylic acids is 1. The minimum absolute atomic E-state index is 0. The SMILES string of the molecule is Cc1cccc(OCC(C)NC(=O)C2CC3CCCC(C2)C3N)c1.Cl. The predicted molar refractivity (Wildman–Crippen MR) is 103 cm³/mol. The third-order valence-electron chi connectivity index (χ3n) is 5.66. The fourth-order valence-electron chi connectivity index (χ4n) is 4.33. The van der Waals surface area contributed by atoms with Crippen molar-refractivity contribution < 1.29 is 9.53 Å². The zero-order chi connectivity index (χ0) is 17.1. The van der Waals surface area contributed by atoms with Crippen LogP contribution >= 0.6 is 12.4 Å². The molecule has 0 saturated heterocycles. The van der Waals surface area contributed by atoms with Gasteiger partial charge >= 0.3 is 0 Å². The van der Waals surface area contributed by atoms with Crippen LogP contribution in [-0.2, 0) is 4.79 Å². The number of hydrogen-bond donors (Lipinski definition) is 2. The van der Waals surface area contributed by atoms with E-state index in [1.54, 1.807) is 0 Å². The molecule has 3 N–H and O–H groups in total. The number of carbonyl (C=O) groups is 1. The van der Waals surface area contributed by atoms with Crippen molar-refractivity contribution in [2.75, 3.05) is 6.61 Å². The highest BCUT2D eigenvalue weighted by atomic mass is 35.5. The average Bonchev–Trinajstić information content (AvgIpc) is 2.52. The fraction of sp³-hybridized carbons (Fsp3) is 0.650. The molecule has 140 valence electrons. The summed E-state index contributed by atoms with van der Waals surface area (Å²) in [5.74, 6) is 2.23. The van der Waals surface area contributed by atoms with Crippen LogP contribution in [0.15, 0.2) is 24.3 Å². The second-order valence-corrected chi connectivity index (χ2v) is 7.73. The van der Waals surface area contributed by atoms with Crippen molar-refractivity contribution >= 4 is 18.3 Å². The Balaban J connectivity index is 0.00000225. The fourth-order valence-corrected chi connectivity index (χ4v) is 4.33. The van der Waals surface area contributed by atoms with Crippen molar-refractivity contribution in [3.63, 3.8) is 0 Å². The van der Waals surface area contributed by atoms with E-state index in [4.69, 9.17) is 10.5 Å². The third-order valence-corrected chi connectivity index (χ3v) is 5.66. The van der Waals surface area contributed by atoms with Crippen molar-refractivity contribution in [3.05, 3.63) is 29.8 Å². The monoisotopic (exact) mass is 366 g/mol. The molecular weight excluding hydrogens is 336 g/mol. The summed E-state index contributed by atoms with van der Waals surface area (Å²) in [6.45, 7) is 4.54. The molecule has 0 aliphatic heterocycles. The summed E-state index contributed by atoms with van der Waals surface area (Å²) in [6, 6.07) is 8.31. The highest BCUT2D eigenvalue weighted by Gasteiger charge is 2.40. The molecule has 0 aromatic heterocycles. The van der Waals surface area contributed by atoms with Gasteiger partial charge in [-0.05, 0) is 69.1 Å². The first-order valence-electron chi connectivity index (χ1n) is 9.28. The van der Waals surface area contributed by atoms with Gasteiger partial charge in [-0.2, -0.15) is 0 Å². The van der Waals surface area contributed by atoms with E-state index in [2.05, 4.69) is 5.32 Å². The average molecular weight is 367 g/mol. The Morgan fingerprint density at radius 1 is 1.32 bits per heavy atom. The van der Waals surface area contributed by atoms with Gasteiger partial charge in [-0.15, -0.1) is 12.4 Å². The van der Waals surface area contributed by atoms with Gasteiger partial charge in [0.05, 0.1) is 6.04 Å². The molecule has 1 amide bonds. The molecule has 0 radical (unpaired) electrons. The van der Waals surface area contributed by atoms with Crippen molar-refractivity contribution in [2.24, 2.45) is 23.5 Å². The smallest absolute Gasteiger partial charge is 0.223 e. The number of halogens is 1. The molecule has 3 atom stereocenters. The maximum atomic E-state index is 12.6. The molecule has 4 nitrogen and oxygen atoms in total. The lowest BCUT2D eigenvalue weighted by molar-refractivity contribution is -0.128. The zero-order valence-corrected chi connectivity index (χ0v) is 16.1. The van der Waals surface area contributed by atoms with E-state index in [9.17, 15) is 4.79 Å². The molecule has 25 heavy (non-hydrogen) atoms. The Hall–Kier alpha value is -1.26. The normalized spacial score (nSPS) is 29.2. The quantitative estimate of drug-likeness (QED) is 0.838. The molecule has 1 aromatic rings. The van der Waals surface area contributed by atoms with Crippen LogP contribution in [0.4, 0.5) is 0 Å². The zero-order valence-electron chi connectivity index (χ0n) is 15.2. The maximum Gasteiger partial charge on any atom is 0.223 e. The Kier molecular flexibility index (Phi) is 7.14. The van der Waals surface area contributed by atoms with Gasteiger partial charge in [-0.3, -0.25) is 4.79 Å². The third kappa shape index (κ3) is 5.11. The standard InChI is InChI=1S/C20H30N2O2.ClH/c1-13-5-3-8-18(9-13)24-12-14(2)22-20(23)17-10-15-6-4-7-16(11-17)19(15)21;/h3,5,8-9,14-17,19H,4,6-7,10-12,21H2,1-2H3,(H,22,23);1H. The number of rotatable bonds is 5. The molecule has 1 aromatic carbocycles. The van der Waals surface area contributed by atoms with Crippen molar-refractivity contribution in [1.82, 2.24) is 5.32 Å². The van der Waals surface area contributed by atoms with Crippen LogP contribution in [0.3, 0.4) is 0 Å². The molecule has 3 rings (SSSR count). The number of aryl methyl sites for hydroxylation is 1. The molecule has 2 saturated carbocycles. The Labute approximate surface area is 157 Å². The lowest BCUT2D eigenvalue weighted by Gasteiger charge is -2.43. The highest BCUT2D eigenvalue weighted by molar-refractivity contribution is 5.85. The van der Waals surface area contributed by atoms with Gasteiger partial charge in [0.1, 0.15) is 12.4 Å². The summed E-state index contributed by atoms with van der Waals surface area (Å²) >= 11 is 0. The topological polar surface area (TPSA) is 64.3 Å². The minimum atomic E-state index is 0. The first kappa shape index (κ1) is 20.1. The second kappa shape index (κ2) is 8.91. The molecule has 2 aliphatic rings. The molecule has 2 bridgehead atoms. The van der Waals surface area contributed by atoms with Gasteiger partial charge in [-0.1, -0.05) is 18.6 Å². The van der Waals surface area contributed by atoms with Gasteiger partial charge in [0, 0.05) is 12.0 Å². The van der Waals surface area contributed by atoms with Crippen LogP contribution in [0.2, 0.25) is 0 Å². The van der Waals surface area contributed by atoms with E-state index in [1.807, 2.05) is 38.1 Å². The first-order chi connectivity index (χ1) is 11.5. The summed E-state index contributed by atoms with van der Waals surface area (Å²) < 4.78 is 5.79. The summed E-state index contributed by atoms with van der Waals surface area (Å²) in [6.07, 6.45) is 5.56. The van der Waals surface area contributed by atoms with E-state index >= 15 is 0 Å².